The van der Waals surface area contributed by atoms with E-state index in [1.165, 1.54) is 17.0 Å². The third-order valence-corrected chi connectivity index (χ3v) is 17.1. The molecule has 11 rings (SSSR count). The Morgan fingerprint density at radius 3 is 2.36 bits per heavy atom. The fraction of sp³-hybridized carbons (Fsp3) is 0.534. The number of benzene rings is 2. The smallest absolute Gasteiger partial charge is 0.243 e. The number of phenols is 1. The fourth-order valence-corrected chi connectivity index (χ4v) is 12.8. The number of aromatic hydroxyl groups is 1. The highest BCUT2D eigenvalue weighted by Gasteiger charge is 2.45. The molecular weight excluding hydrogens is 996 g/mol. The molecule has 78 heavy (non-hydrogen) atoms. The topological polar surface area (TPSA) is 236 Å². The molecule has 6 aliphatic rings. The lowest BCUT2D eigenvalue weighted by atomic mass is 9.91. The molecule has 2 bridgehead atoms. The quantitative estimate of drug-likeness (QED) is 0.0818. The maximum atomic E-state index is 14.4. The van der Waals surface area contributed by atoms with E-state index in [-0.39, 0.29) is 54.4 Å². The summed E-state index contributed by atoms with van der Waals surface area (Å²) in [6.07, 6.45) is 9.48. The number of anilines is 4. The number of nitriles is 1. The van der Waals surface area contributed by atoms with Crippen molar-refractivity contribution >= 4 is 34.8 Å². The first-order valence-electron chi connectivity index (χ1n) is 27.9. The monoisotopic (exact) mass is 1070 g/mol. The SMILES string of the molecule is CC(C)[C@@H](C(=O)N1C[C@H](O)C[C@H]1C(=O)N[C@@H](C)c1ccc(C#N)c(F)c1)c1cc(N2CCC(CN3CCC(O[C@H]4C[C@H](Oc5cc(N6C7CCC6CN(c6cc(-c8ccccc8O)nnc6N)C7)ccn5)C4)CC3)CC2)no1. The molecular formula is C58H71FN12O7. The molecule has 5 N–H and O–H groups in total. The number of para-hydroxylation sites is 1. The molecule has 2 unspecified atom stereocenters. The van der Waals surface area contributed by atoms with Crippen LogP contribution in [0.25, 0.3) is 11.3 Å². The Morgan fingerprint density at radius 2 is 1.64 bits per heavy atom. The number of rotatable bonds is 16. The fourth-order valence-electron chi connectivity index (χ4n) is 12.8. The predicted octanol–water partition coefficient (Wildman–Crippen LogP) is 6.57. The van der Waals surface area contributed by atoms with Gasteiger partial charge in [-0.25, -0.2) is 9.37 Å². The predicted molar refractivity (Wildman–Crippen MR) is 290 cm³/mol. The number of piperazine rings is 1. The summed E-state index contributed by atoms with van der Waals surface area (Å²) in [6.45, 7) is 11.9. The van der Waals surface area contributed by atoms with Crippen molar-refractivity contribution in [3.63, 3.8) is 0 Å². The van der Waals surface area contributed by atoms with Gasteiger partial charge < -0.3 is 59.8 Å². The number of pyridine rings is 1. The summed E-state index contributed by atoms with van der Waals surface area (Å²) >= 11 is 0. The number of hydrogen-bond donors (Lipinski definition) is 4. The minimum absolute atomic E-state index is 0.00369. The van der Waals surface area contributed by atoms with Crippen molar-refractivity contribution in [3.8, 4) is 29.0 Å². The molecule has 5 aromatic rings. The van der Waals surface area contributed by atoms with Gasteiger partial charge in [-0.2, -0.15) is 5.26 Å². The van der Waals surface area contributed by atoms with Gasteiger partial charge in [-0.1, -0.05) is 37.2 Å². The van der Waals surface area contributed by atoms with Crippen molar-refractivity contribution in [2.45, 2.75) is 133 Å². The van der Waals surface area contributed by atoms with Crippen LogP contribution in [0.3, 0.4) is 0 Å². The Labute approximate surface area is 454 Å². The molecule has 20 heteroatoms. The van der Waals surface area contributed by atoms with Gasteiger partial charge in [-0.3, -0.25) is 9.59 Å². The molecule has 5 aliphatic heterocycles. The van der Waals surface area contributed by atoms with Crippen LogP contribution in [0, 0.1) is 29.0 Å². The minimum atomic E-state index is -0.922. The van der Waals surface area contributed by atoms with Crippen molar-refractivity contribution < 1.29 is 38.2 Å². The van der Waals surface area contributed by atoms with Crippen LogP contribution in [0.1, 0.15) is 107 Å². The number of piperidine rings is 2. The van der Waals surface area contributed by atoms with E-state index in [4.69, 9.17) is 25.0 Å². The van der Waals surface area contributed by atoms with Crippen molar-refractivity contribution in [3.05, 3.63) is 95.6 Å². The number of halogens is 1. The summed E-state index contributed by atoms with van der Waals surface area (Å²) in [5, 5.41) is 46.1. The Kier molecular flexibility index (Phi) is 15.4. The summed E-state index contributed by atoms with van der Waals surface area (Å²) in [4.78, 5) is 43.6. The lowest BCUT2D eigenvalue weighted by Gasteiger charge is -2.43. The second-order valence-electron chi connectivity index (χ2n) is 22.8. The number of nitrogens with two attached hydrogens (primary N) is 1. The zero-order valence-electron chi connectivity index (χ0n) is 44.7. The molecule has 412 valence electrons. The number of nitrogens with one attached hydrogen (secondary N) is 1. The number of ether oxygens (including phenoxy) is 2. The second-order valence-corrected chi connectivity index (χ2v) is 22.8. The van der Waals surface area contributed by atoms with Crippen molar-refractivity contribution in [2.24, 2.45) is 11.8 Å². The van der Waals surface area contributed by atoms with E-state index >= 15 is 0 Å². The van der Waals surface area contributed by atoms with Crippen molar-refractivity contribution in [1.29, 1.82) is 5.26 Å². The number of aliphatic hydroxyl groups is 1. The first-order chi connectivity index (χ1) is 37.7. The molecule has 1 aliphatic carbocycles. The molecule has 3 aromatic heterocycles. The highest BCUT2D eigenvalue weighted by atomic mass is 19.1. The van der Waals surface area contributed by atoms with Crippen molar-refractivity contribution in [1.82, 2.24) is 35.5 Å². The molecule has 2 amide bonds. The average Bonchev–Trinajstić information content (AvgIpc) is 4.28. The van der Waals surface area contributed by atoms with E-state index < -0.39 is 35.8 Å². The number of nitrogen functional groups attached to an aromatic ring is 1. The minimum Gasteiger partial charge on any atom is -0.507 e. The van der Waals surface area contributed by atoms with Crippen molar-refractivity contribution in [2.75, 3.05) is 72.8 Å². The maximum absolute atomic E-state index is 14.4. The van der Waals surface area contributed by atoms with Crippen LogP contribution in [0.5, 0.6) is 11.6 Å². The molecule has 0 spiro atoms. The molecule has 5 saturated heterocycles. The van der Waals surface area contributed by atoms with Gasteiger partial charge >= 0.3 is 0 Å². The summed E-state index contributed by atoms with van der Waals surface area (Å²) in [6, 6.07) is 20.2. The Balaban J connectivity index is 0.601. The van der Waals surface area contributed by atoms with E-state index in [9.17, 15) is 24.2 Å². The number of aliphatic hydroxyl groups excluding tert-OH is 1. The Morgan fingerprint density at radius 1 is 0.885 bits per heavy atom. The van der Waals surface area contributed by atoms with Gasteiger partial charge in [-0.05, 0) is 99.2 Å². The Hall–Kier alpha value is -7.08. The zero-order chi connectivity index (χ0) is 54.2. The van der Waals surface area contributed by atoms with Gasteiger partial charge in [0.1, 0.15) is 35.7 Å². The van der Waals surface area contributed by atoms with Crippen LogP contribution in [-0.2, 0) is 14.3 Å². The first kappa shape index (κ1) is 52.9. The van der Waals surface area contributed by atoms with E-state index in [0.717, 1.165) is 109 Å². The third kappa shape index (κ3) is 11.3. The number of carbonyl (C=O) groups excluding carboxylic acids is 2. The number of phenolic OH excluding ortho intramolecular Hbond substituents is 1. The summed E-state index contributed by atoms with van der Waals surface area (Å²) in [5.74, 6) is 0.528. The average molecular weight is 1070 g/mol. The number of aromatic nitrogens is 4. The number of amides is 2. The van der Waals surface area contributed by atoms with Crippen LogP contribution < -0.4 is 30.5 Å². The summed E-state index contributed by atoms with van der Waals surface area (Å²) < 4.78 is 33.3. The molecule has 8 heterocycles. The molecule has 19 nitrogen and oxygen atoms in total. The lowest BCUT2D eigenvalue weighted by molar-refractivity contribution is -0.141. The van der Waals surface area contributed by atoms with E-state index in [0.29, 0.717) is 58.1 Å². The van der Waals surface area contributed by atoms with Gasteiger partial charge in [0.25, 0.3) is 0 Å². The number of nitrogens with zero attached hydrogens (tertiary/aromatic N) is 10. The highest BCUT2D eigenvalue weighted by molar-refractivity contribution is 5.91. The number of likely N-dealkylation sites (tertiary alicyclic amines) is 2. The van der Waals surface area contributed by atoms with Gasteiger partial charge in [0, 0.05) is 113 Å². The van der Waals surface area contributed by atoms with Crippen LogP contribution in [0.15, 0.2) is 77.4 Å². The van der Waals surface area contributed by atoms with Crippen LogP contribution in [-0.4, -0.2) is 147 Å². The number of hydrogen-bond acceptors (Lipinski definition) is 17. The Bertz CT molecular complexity index is 2970. The van der Waals surface area contributed by atoms with Gasteiger partial charge in [0.2, 0.25) is 17.7 Å². The first-order valence-corrected chi connectivity index (χ1v) is 27.9. The van der Waals surface area contributed by atoms with Gasteiger partial charge in [0.05, 0.1) is 41.3 Å². The second kappa shape index (κ2) is 22.7. The normalized spacial score (nSPS) is 24.7. The largest absolute Gasteiger partial charge is 0.507 e. The highest BCUT2D eigenvalue weighted by Crippen LogP contribution is 2.41. The van der Waals surface area contributed by atoms with Crippen LogP contribution in [0.4, 0.5) is 27.4 Å². The molecule has 6 fully saturated rings. The van der Waals surface area contributed by atoms with E-state index in [2.05, 4.69) is 57.4 Å². The van der Waals surface area contributed by atoms with Gasteiger partial charge in [0.15, 0.2) is 17.4 Å². The molecule has 2 aromatic carbocycles. The lowest BCUT2D eigenvalue weighted by Crippen LogP contribution is -2.54. The number of carbonyl (C=O) groups is 2. The molecule has 0 radical (unpaired) electrons. The van der Waals surface area contributed by atoms with E-state index in [1.54, 1.807) is 31.2 Å². The zero-order valence-corrected chi connectivity index (χ0v) is 44.7. The van der Waals surface area contributed by atoms with E-state index in [1.807, 2.05) is 44.3 Å². The van der Waals surface area contributed by atoms with Crippen LogP contribution in [0.2, 0.25) is 0 Å². The summed E-state index contributed by atoms with van der Waals surface area (Å²) in [7, 11) is 0. The standard InChI is InChI=1S/C58H71FN12O7/c1-34(2)55(58(75)70-33-42(72)24-50(70)57(74)63-35(3)37-8-9-38(29-60)47(59)22-37)52-28-53(66-78-52)68-20-13-36(14-21-68)30-67-18-15-43(16-19-67)76-44-25-45(26-44)77-54-23-39(12-17-62-54)71-40-10-11-41(71)32-69(31-40)49-27-48(64-65-56(49)61)46-6-4-5-7-51(46)73/h4-9,12,17,22-23,27-28,34-36,40-45,50,55,72-73H,10-11,13-16,18-21,24-26,30-33H2,1-3H3,(H2,61,65)(H,63,74)/t35-,40?,41?,42+,44-,45-,50-,55+/m0/s1. The number of fused-ring (bicyclic) bond motifs is 2. The molecule has 1 saturated carbocycles. The number of β-amino-alcohol motifs (C(OH)–C–C–N with tert-alkyl or cyclic N) is 1. The maximum Gasteiger partial charge on any atom is 0.243 e. The third-order valence-electron chi connectivity index (χ3n) is 17.1. The summed E-state index contributed by atoms with van der Waals surface area (Å²) in [5.41, 5.74) is 9.97. The van der Waals surface area contributed by atoms with Gasteiger partial charge in [-0.15, -0.1) is 10.2 Å². The van der Waals surface area contributed by atoms with Crippen LogP contribution >= 0.6 is 0 Å². The molecule has 6 atom stereocenters.